The van der Waals surface area contributed by atoms with Crippen LogP contribution < -0.4 is 11.1 Å². The van der Waals surface area contributed by atoms with Crippen molar-refractivity contribution < 1.29 is 4.79 Å². The highest BCUT2D eigenvalue weighted by atomic mass is 32.2. The van der Waals surface area contributed by atoms with E-state index in [2.05, 4.69) is 14.7 Å². The van der Waals surface area contributed by atoms with E-state index in [0.717, 1.165) is 29.4 Å². The predicted molar refractivity (Wildman–Crippen MR) is 76.2 cm³/mol. The number of thioether (sulfide) groups is 1. The maximum atomic E-state index is 11.8. The van der Waals surface area contributed by atoms with Crippen molar-refractivity contribution in [2.45, 2.75) is 60.2 Å². The largest absolute Gasteiger partial charge is 0.368 e. The summed E-state index contributed by atoms with van der Waals surface area (Å²) >= 11 is 3.17. The number of primary amides is 1. The molecule has 2 atom stereocenters. The van der Waals surface area contributed by atoms with E-state index in [0.29, 0.717) is 11.3 Å². The molecule has 0 spiro atoms. The summed E-state index contributed by atoms with van der Waals surface area (Å²) in [5.41, 5.74) is 5.14. The Morgan fingerprint density at radius 3 is 2.89 bits per heavy atom. The first kappa shape index (κ1) is 13.3. The first-order valence-corrected chi connectivity index (χ1v) is 8.27. The van der Waals surface area contributed by atoms with Gasteiger partial charge in [-0.15, -0.1) is 0 Å². The van der Waals surface area contributed by atoms with Crippen molar-refractivity contribution in [1.82, 2.24) is 14.7 Å². The van der Waals surface area contributed by atoms with Gasteiger partial charge in [0.25, 0.3) is 0 Å². The minimum atomic E-state index is -0.488. The van der Waals surface area contributed by atoms with E-state index in [1.807, 2.05) is 6.92 Å². The monoisotopic (exact) mass is 298 g/mol. The fourth-order valence-corrected chi connectivity index (χ4v) is 4.80. The number of aromatic nitrogens is 2. The number of amides is 1. The Labute approximate surface area is 120 Å². The highest BCUT2D eigenvalue weighted by molar-refractivity contribution is 8.01. The minimum Gasteiger partial charge on any atom is -0.368 e. The Morgan fingerprint density at radius 2 is 2.32 bits per heavy atom. The van der Waals surface area contributed by atoms with Crippen molar-refractivity contribution in [2.24, 2.45) is 5.73 Å². The van der Waals surface area contributed by atoms with Crippen LogP contribution >= 0.6 is 23.3 Å². The van der Waals surface area contributed by atoms with Gasteiger partial charge in [0.05, 0.1) is 5.54 Å². The number of nitrogens with one attached hydrogen (secondary N) is 1. The van der Waals surface area contributed by atoms with Crippen LogP contribution in [0.1, 0.15) is 37.9 Å². The highest BCUT2D eigenvalue weighted by Gasteiger charge is 2.47. The Kier molecular flexibility index (Phi) is 3.53. The van der Waals surface area contributed by atoms with E-state index in [1.54, 1.807) is 11.8 Å². The number of hydrogen-bond acceptors (Lipinski definition) is 6. The van der Waals surface area contributed by atoms with E-state index in [-0.39, 0.29) is 5.91 Å². The average Bonchev–Trinajstić information content (AvgIpc) is 2.92. The van der Waals surface area contributed by atoms with Crippen molar-refractivity contribution in [3.8, 4) is 0 Å². The quantitative estimate of drug-likeness (QED) is 0.860. The molecule has 2 aliphatic carbocycles. The van der Waals surface area contributed by atoms with E-state index in [1.165, 1.54) is 24.4 Å². The number of carbonyl (C=O) groups excluding carboxylic acids is 1. The smallest absolute Gasteiger partial charge is 0.237 e. The Balaban J connectivity index is 1.65. The van der Waals surface area contributed by atoms with Gasteiger partial charge in [-0.3, -0.25) is 4.79 Å². The summed E-state index contributed by atoms with van der Waals surface area (Å²) in [6, 6.07) is 0.500. The zero-order valence-electron chi connectivity index (χ0n) is 10.9. The maximum absolute atomic E-state index is 11.8. The zero-order chi connectivity index (χ0) is 13.5. The van der Waals surface area contributed by atoms with Gasteiger partial charge in [-0.2, -0.15) is 4.37 Å². The second-order valence-corrected chi connectivity index (χ2v) is 7.75. The zero-order valence-corrected chi connectivity index (χ0v) is 12.5. The molecule has 0 bridgehead atoms. The van der Waals surface area contributed by atoms with Crippen LogP contribution in [-0.4, -0.2) is 32.1 Å². The number of nitrogens with zero attached hydrogens (tertiary/aromatic N) is 2. The Bertz CT molecular complexity index is 488. The van der Waals surface area contributed by atoms with Gasteiger partial charge in [0.15, 0.2) is 4.34 Å². The molecule has 0 aromatic carbocycles. The lowest BCUT2D eigenvalue weighted by molar-refractivity contribution is -0.124. The second kappa shape index (κ2) is 5.03. The van der Waals surface area contributed by atoms with Gasteiger partial charge in [-0.25, -0.2) is 4.98 Å². The number of aryl methyl sites for hydroxylation is 1. The second-order valence-electron chi connectivity index (χ2n) is 5.46. The summed E-state index contributed by atoms with van der Waals surface area (Å²) in [7, 11) is 0. The van der Waals surface area contributed by atoms with Gasteiger partial charge in [0, 0.05) is 11.3 Å². The van der Waals surface area contributed by atoms with Crippen LogP contribution in [0.25, 0.3) is 0 Å². The van der Waals surface area contributed by atoms with Crippen LogP contribution in [0.15, 0.2) is 4.34 Å². The molecule has 7 heteroatoms. The molecule has 3 rings (SSSR count). The predicted octanol–water partition coefficient (Wildman–Crippen LogP) is 1.47. The summed E-state index contributed by atoms with van der Waals surface area (Å²) in [5, 5.41) is 3.87. The van der Waals surface area contributed by atoms with Crippen molar-refractivity contribution >= 4 is 29.2 Å². The summed E-state index contributed by atoms with van der Waals surface area (Å²) in [6.07, 6.45) is 4.99. The van der Waals surface area contributed by atoms with Gasteiger partial charge in [-0.05, 0) is 50.6 Å². The van der Waals surface area contributed by atoms with Crippen molar-refractivity contribution in [3.05, 3.63) is 5.82 Å². The molecule has 0 radical (unpaired) electrons. The fourth-order valence-electron chi connectivity index (χ4n) is 2.61. The third-order valence-electron chi connectivity index (χ3n) is 3.78. The summed E-state index contributed by atoms with van der Waals surface area (Å²) < 4.78 is 5.19. The number of rotatable bonds is 5. The minimum absolute atomic E-state index is 0.198. The third-order valence-corrected chi connectivity index (χ3v) is 5.92. The highest BCUT2D eigenvalue weighted by Crippen LogP contribution is 2.42. The molecule has 2 aliphatic rings. The molecule has 104 valence electrons. The maximum Gasteiger partial charge on any atom is 0.237 e. The molecule has 0 saturated heterocycles. The molecule has 1 aromatic rings. The Morgan fingerprint density at radius 1 is 1.53 bits per heavy atom. The molecule has 1 amide bonds. The lowest BCUT2D eigenvalue weighted by Crippen LogP contribution is -2.54. The summed E-state index contributed by atoms with van der Waals surface area (Å²) in [5.74, 6) is 0.624. The van der Waals surface area contributed by atoms with Crippen molar-refractivity contribution in [1.29, 1.82) is 0 Å². The van der Waals surface area contributed by atoms with Crippen LogP contribution in [0.2, 0.25) is 0 Å². The van der Waals surface area contributed by atoms with Gasteiger partial charge < -0.3 is 11.1 Å². The molecule has 2 fully saturated rings. The van der Waals surface area contributed by atoms with E-state index >= 15 is 0 Å². The van der Waals surface area contributed by atoms with Crippen LogP contribution in [0.3, 0.4) is 0 Å². The molecule has 0 aliphatic heterocycles. The standard InChI is InChI=1S/C12H18N4OS2/c1-7-14-11(19-16-7)18-9-4-5-12(6-9,10(13)17)15-8-2-3-8/h8-9,15H,2-6H2,1H3,(H2,13,17). The molecular formula is C12H18N4OS2. The fraction of sp³-hybridized carbons (Fsp3) is 0.750. The van der Waals surface area contributed by atoms with Crippen LogP contribution in [-0.2, 0) is 4.79 Å². The first-order valence-electron chi connectivity index (χ1n) is 6.62. The normalized spacial score (nSPS) is 30.7. The molecule has 1 heterocycles. The molecule has 5 nitrogen and oxygen atoms in total. The average molecular weight is 298 g/mol. The molecule has 19 heavy (non-hydrogen) atoms. The SMILES string of the molecule is Cc1nsc(SC2CCC(NC3CC3)(C(N)=O)C2)n1. The topological polar surface area (TPSA) is 80.9 Å². The number of nitrogens with two attached hydrogens (primary N) is 1. The lowest BCUT2D eigenvalue weighted by Gasteiger charge is -2.27. The van der Waals surface area contributed by atoms with Crippen LogP contribution in [0, 0.1) is 6.92 Å². The molecular weight excluding hydrogens is 280 g/mol. The van der Waals surface area contributed by atoms with E-state index in [9.17, 15) is 4.79 Å². The number of hydrogen-bond donors (Lipinski definition) is 2. The first-order chi connectivity index (χ1) is 9.07. The summed E-state index contributed by atoms with van der Waals surface area (Å²) in [6.45, 7) is 1.90. The van der Waals surface area contributed by atoms with Gasteiger partial charge in [0.1, 0.15) is 5.82 Å². The molecule has 3 N–H and O–H groups in total. The van der Waals surface area contributed by atoms with Crippen LogP contribution in [0.5, 0.6) is 0 Å². The van der Waals surface area contributed by atoms with E-state index in [4.69, 9.17) is 5.73 Å². The van der Waals surface area contributed by atoms with Gasteiger partial charge >= 0.3 is 0 Å². The molecule has 1 aromatic heterocycles. The Hall–Kier alpha value is -0.660. The molecule has 2 unspecified atom stereocenters. The van der Waals surface area contributed by atoms with E-state index < -0.39 is 5.54 Å². The summed E-state index contributed by atoms with van der Waals surface area (Å²) in [4.78, 5) is 16.2. The van der Waals surface area contributed by atoms with Crippen molar-refractivity contribution in [3.63, 3.8) is 0 Å². The third kappa shape index (κ3) is 2.93. The van der Waals surface area contributed by atoms with Crippen LogP contribution in [0.4, 0.5) is 0 Å². The van der Waals surface area contributed by atoms with Gasteiger partial charge in [0.2, 0.25) is 5.91 Å². The van der Waals surface area contributed by atoms with Gasteiger partial charge in [-0.1, -0.05) is 11.8 Å². The lowest BCUT2D eigenvalue weighted by atomic mass is 9.96. The van der Waals surface area contributed by atoms with Crippen molar-refractivity contribution in [2.75, 3.05) is 0 Å². The number of carbonyl (C=O) groups is 1. The molecule has 2 saturated carbocycles.